The third-order valence-corrected chi connectivity index (χ3v) is 2.67. The van der Waals surface area contributed by atoms with Crippen molar-refractivity contribution in [3.8, 4) is 11.3 Å². The van der Waals surface area contributed by atoms with Crippen molar-refractivity contribution in [2.75, 3.05) is 0 Å². The highest BCUT2D eigenvalue weighted by molar-refractivity contribution is 9.10. The summed E-state index contributed by atoms with van der Waals surface area (Å²) in [7, 11) is 0. The molecule has 2 aromatic heterocycles. The van der Waals surface area contributed by atoms with Crippen LogP contribution in [0.25, 0.3) is 11.3 Å². The number of hydrogen-bond acceptors (Lipinski definition) is 4. The first kappa shape index (κ1) is 11.9. The Morgan fingerprint density at radius 3 is 2.76 bits per heavy atom. The first-order valence-corrected chi connectivity index (χ1v) is 5.67. The minimum atomic E-state index is -0.485. The summed E-state index contributed by atoms with van der Waals surface area (Å²) in [6, 6.07) is 4.55. The van der Waals surface area contributed by atoms with Gasteiger partial charge in [-0.15, -0.1) is 0 Å². The number of rotatable bonds is 2. The average molecular weight is 315 g/mol. The first-order chi connectivity index (χ1) is 8.08. The van der Waals surface area contributed by atoms with Gasteiger partial charge in [0.15, 0.2) is 0 Å². The van der Waals surface area contributed by atoms with Crippen molar-refractivity contribution in [3.05, 3.63) is 50.3 Å². The molecule has 0 unspecified atom stereocenters. The highest BCUT2D eigenvalue weighted by Crippen LogP contribution is 2.30. The van der Waals surface area contributed by atoms with Crippen molar-refractivity contribution in [1.29, 1.82) is 0 Å². The zero-order chi connectivity index (χ0) is 12.4. The summed E-state index contributed by atoms with van der Waals surface area (Å²) in [5.74, 6) is 0. The molecule has 86 valence electrons. The zero-order valence-electron chi connectivity index (χ0n) is 8.30. The molecule has 0 amide bonds. The minimum absolute atomic E-state index is 0.0818. The van der Waals surface area contributed by atoms with E-state index >= 15 is 0 Å². The molecule has 0 N–H and O–H groups in total. The van der Waals surface area contributed by atoms with Crippen molar-refractivity contribution in [3.63, 3.8) is 0 Å². The van der Waals surface area contributed by atoms with Gasteiger partial charge in [-0.25, -0.2) is 9.97 Å². The lowest BCUT2D eigenvalue weighted by Gasteiger charge is -2.02. The Hall–Kier alpha value is -1.53. The Balaban J connectivity index is 2.63. The molecule has 0 aliphatic heterocycles. The second-order valence-electron chi connectivity index (χ2n) is 3.15. The SMILES string of the molecule is O=[N+]([O-])c1cc(Br)cnc1-c1ccnc(Cl)c1. The van der Waals surface area contributed by atoms with Gasteiger partial charge in [0.25, 0.3) is 5.69 Å². The van der Waals surface area contributed by atoms with Crippen LogP contribution in [0.15, 0.2) is 35.1 Å². The summed E-state index contributed by atoms with van der Waals surface area (Å²) in [5.41, 5.74) is 0.744. The molecule has 17 heavy (non-hydrogen) atoms. The Morgan fingerprint density at radius 1 is 1.35 bits per heavy atom. The summed E-state index contributed by atoms with van der Waals surface area (Å²) in [6.07, 6.45) is 2.97. The monoisotopic (exact) mass is 313 g/mol. The third-order valence-electron chi connectivity index (χ3n) is 2.03. The van der Waals surface area contributed by atoms with Gasteiger partial charge in [-0.3, -0.25) is 10.1 Å². The zero-order valence-corrected chi connectivity index (χ0v) is 10.6. The number of halogens is 2. The number of hydrogen-bond donors (Lipinski definition) is 0. The molecule has 0 saturated carbocycles. The van der Waals surface area contributed by atoms with Gasteiger partial charge >= 0.3 is 0 Å². The predicted octanol–water partition coefficient (Wildman–Crippen LogP) is 3.47. The van der Waals surface area contributed by atoms with E-state index in [2.05, 4.69) is 25.9 Å². The van der Waals surface area contributed by atoms with E-state index < -0.39 is 4.92 Å². The van der Waals surface area contributed by atoms with E-state index in [0.717, 1.165) is 0 Å². The lowest BCUT2D eigenvalue weighted by atomic mass is 10.1. The molecule has 2 aromatic rings. The van der Waals surface area contributed by atoms with E-state index in [9.17, 15) is 10.1 Å². The fourth-order valence-electron chi connectivity index (χ4n) is 1.34. The van der Waals surface area contributed by atoms with E-state index in [4.69, 9.17) is 11.6 Å². The van der Waals surface area contributed by atoms with Crippen LogP contribution in [0.1, 0.15) is 0 Å². The van der Waals surface area contributed by atoms with Crippen LogP contribution in [0, 0.1) is 10.1 Å². The summed E-state index contributed by atoms with van der Waals surface area (Å²) in [5, 5.41) is 11.2. The van der Waals surface area contributed by atoms with Crippen LogP contribution in [-0.4, -0.2) is 14.9 Å². The maximum Gasteiger partial charge on any atom is 0.296 e. The Bertz CT molecular complexity index is 592. The highest BCUT2D eigenvalue weighted by atomic mass is 79.9. The van der Waals surface area contributed by atoms with Gasteiger partial charge in [-0.2, -0.15) is 0 Å². The standard InChI is InChI=1S/C10H5BrClN3O2/c11-7-4-8(15(16)17)10(14-5-7)6-1-2-13-9(12)3-6/h1-5H. The molecule has 0 saturated heterocycles. The van der Waals surface area contributed by atoms with Crippen molar-refractivity contribution in [2.24, 2.45) is 0 Å². The van der Waals surface area contributed by atoms with Crippen LogP contribution in [0.2, 0.25) is 5.15 Å². The smallest absolute Gasteiger partial charge is 0.258 e. The van der Waals surface area contributed by atoms with Gasteiger partial charge in [0.05, 0.1) is 4.92 Å². The van der Waals surface area contributed by atoms with Gasteiger partial charge in [0.1, 0.15) is 10.8 Å². The molecule has 2 rings (SSSR count). The second-order valence-corrected chi connectivity index (χ2v) is 4.45. The van der Waals surface area contributed by atoms with E-state index in [-0.39, 0.29) is 16.5 Å². The molecular weight excluding hydrogens is 309 g/mol. The molecule has 0 fully saturated rings. The van der Waals surface area contributed by atoms with E-state index in [1.165, 1.54) is 24.5 Å². The van der Waals surface area contributed by atoms with Crippen LogP contribution >= 0.6 is 27.5 Å². The van der Waals surface area contributed by atoms with Gasteiger partial charge < -0.3 is 0 Å². The quantitative estimate of drug-likeness (QED) is 0.483. The largest absolute Gasteiger partial charge is 0.296 e. The lowest BCUT2D eigenvalue weighted by molar-refractivity contribution is -0.384. The van der Waals surface area contributed by atoms with Crippen molar-refractivity contribution >= 4 is 33.2 Å². The molecule has 5 nitrogen and oxygen atoms in total. The van der Waals surface area contributed by atoms with Crippen LogP contribution in [0.5, 0.6) is 0 Å². The highest BCUT2D eigenvalue weighted by Gasteiger charge is 2.17. The van der Waals surface area contributed by atoms with Crippen LogP contribution in [-0.2, 0) is 0 Å². The molecule has 0 atom stereocenters. The Labute approximate surface area is 110 Å². The van der Waals surface area contributed by atoms with Gasteiger partial charge in [-0.1, -0.05) is 11.6 Å². The van der Waals surface area contributed by atoms with Crippen molar-refractivity contribution < 1.29 is 4.92 Å². The van der Waals surface area contributed by atoms with Crippen LogP contribution in [0.3, 0.4) is 0 Å². The maximum absolute atomic E-state index is 10.9. The molecule has 7 heteroatoms. The summed E-state index contributed by atoms with van der Waals surface area (Å²) >= 11 is 8.89. The van der Waals surface area contributed by atoms with Crippen LogP contribution in [0.4, 0.5) is 5.69 Å². The molecule has 0 spiro atoms. The normalized spacial score (nSPS) is 10.2. The molecule has 0 bridgehead atoms. The summed E-state index contributed by atoms with van der Waals surface area (Å²) < 4.78 is 0.549. The third kappa shape index (κ3) is 2.59. The summed E-state index contributed by atoms with van der Waals surface area (Å²) in [6.45, 7) is 0. The van der Waals surface area contributed by atoms with E-state index in [0.29, 0.717) is 10.0 Å². The molecule has 0 aliphatic rings. The second kappa shape index (κ2) is 4.77. The number of aromatic nitrogens is 2. The average Bonchev–Trinajstić information content (AvgIpc) is 2.28. The number of nitrogens with zero attached hydrogens (tertiary/aromatic N) is 3. The lowest BCUT2D eigenvalue weighted by Crippen LogP contribution is -1.95. The van der Waals surface area contributed by atoms with Gasteiger partial charge in [-0.05, 0) is 28.1 Å². The fraction of sp³-hybridized carbons (Fsp3) is 0. The molecule has 0 aliphatic carbocycles. The summed E-state index contributed by atoms with van der Waals surface area (Å²) in [4.78, 5) is 18.3. The molecule has 0 aromatic carbocycles. The van der Waals surface area contributed by atoms with Crippen molar-refractivity contribution in [1.82, 2.24) is 9.97 Å². The topological polar surface area (TPSA) is 68.9 Å². The first-order valence-electron chi connectivity index (χ1n) is 4.50. The molecule has 0 radical (unpaired) electrons. The number of pyridine rings is 2. The van der Waals surface area contributed by atoms with Gasteiger partial charge in [0.2, 0.25) is 0 Å². The fourth-order valence-corrected chi connectivity index (χ4v) is 1.83. The minimum Gasteiger partial charge on any atom is -0.258 e. The molecule has 2 heterocycles. The Kier molecular flexibility index (Phi) is 3.35. The van der Waals surface area contributed by atoms with Crippen molar-refractivity contribution in [2.45, 2.75) is 0 Å². The van der Waals surface area contributed by atoms with Crippen LogP contribution < -0.4 is 0 Å². The maximum atomic E-state index is 10.9. The Morgan fingerprint density at radius 2 is 2.12 bits per heavy atom. The number of nitro groups is 1. The van der Waals surface area contributed by atoms with Gasteiger partial charge in [0, 0.05) is 28.5 Å². The van der Waals surface area contributed by atoms with E-state index in [1.807, 2.05) is 0 Å². The predicted molar refractivity (Wildman–Crippen MR) is 66.8 cm³/mol. The van der Waals surface area contributed by atoms with E-state index in [1.54, 1.807) is 6.07 Å². The molecular formula is C10H5BrClN3O2.